The summed E-state index contributed by atoms with van der Waals surface area (Å²) in [6, 6.07) is 9.26. The average molecular weight is 645 g/mol. The number of hydrogen-bond donors (Lipinski definition) is 2. The van der Waals surface area contributed by atoms with Crippen molar-refractivity contribution in [2.75, 3.05) is 24.5 Å². The molecule has 4 aromatic rings. The van der Waals surface area contributed by atoms with Gasteiger partial charge in [-0.1, -0.05) is 23.2 Å². The van der Waals surface area contributed by atoms with E-state index in [1.54, 1.807) is 18.5 Å². The van der Waals surface area contributed by atoms with Gasteiger partial charge in [-0.25, -0.2) is 19.9 Å². The van der Waals surface area contributed by atoms with E-state index in [4.69, 9.17) is 38.0 Å². The molecule has 3 aromatic heterocycles. The number of likely N-dealkylation sites (tertiary alicyclic amines) is 1. The molecule has 1 aromatic carbocycles. The zero-order valence-corrected chi connectivity index (χ0v) is 25.9. The highest BCUT2D eigenvalue weighted by atomic mass is 35.5. The monoisotopic (exact) mass is 643 g/mol. The third-order valence-electron chi connectivity index (χ3n) is 7.67. The largest absolute Gasteiger partial charge is 0.481 e. The molecule has 2 aliphatic rings. The second kappa shape index (κ2) is 13.5. The van der Waals surface area contributed by atoms with E-state index < -0.39 is 5.97 Å². The van der Waals surface area contributed by atoms with Crippen LogP contribution in [-0.4, -0.2) is 60.5 Å². The molecule has 10 nitrogen and oxygen atoms in total. The number of imidazole rings is 1. The number of benzene rings is 1. The van der Waals surface area contributed by atoms with Crippen LogP contribution in [-0.2, 0) is 24.3 Å². The van der Waals surface area contributed by atoms with Gasteiger partial charge in [0.15, 0.2) is 5.75 Å². The van der Waals surface area contributed by atoms with Crippen LogP contribution in [0.25, 0.3) is 11.3 Å². The Morgan fingerprint density at radius 3 is 2.47 bits per heavy atom. The molecule has 0 amide bonds. The highest BCUT2D eigenvalue weighted by molar-refractivity contribution is 6.35. The number of aryl methyl sites for hydroxylation is 1. The van der Waals surface area contributed by atoms with Crippen molar-refractivity contribution in [3.63, 3.8) is 0 Å². The number of carboxylic acid groups (broad SMARTS) is 1. The van der Waals surface area contributed by atoms with E-state index in [1.165, 1.54) is 0 Å². The molecule has 6 rings (SSSR count). The fraction of sp³-hybridized carbons (Fsp3) is 0.367. The molecule has 2 aliphatic heterocycles. The van der Waals surface area contributed by atoms with Gasteiger partial charge in [0.2, 0.25) is 11.8 Å². The number of fused-ring (bicyclic) bond motifs is 1. The smallest absolute Gasteiger partial charge is 0.303 e. The van der Waals surface area contributed by atoms with E-state index in [-0.39, 0.29) is 24.7 Å². The maximum absolute atomic E-state index is 11.1. The van der Waals surface area contributed by atoms with Gasteiger partial charge in [-0.15, -0.1) is 12.4 Å². The third kappa shape index (κ3) is 7.75. The Labute approximate surface area is 265 Å². The summed E-state index contributed by atoms with van der Waals surface area (Å²) >= 11 is 12.6. The molecule has 0 radical (unpaired) electrons. The third-order valence-corrected chi connectivity index (χ3v) is 8.10. The van der Waals surface area contributed by atoms with Crippen molar-refractivity contribution in [3.05, 3.63) is 75.5 Å². The summed E-state index contributed by atoms with van der Waals surface area (Å²) in [4.78, 5) is 37.3. The van der Waals surface area contributed by atoms with Crippen molar-refractivity contribution in [2.24, 2.45) is 5.92 Å². The van der Waals surface area contributed by atoms with Crippen LogP contribution in [0.3, 0.4) is 0 Å². The molecular weight excluding hydrogens is 613 g/mol. The Hall–Kier alpha value is -3.44. The lowest BCUT2D eigenvalue weighted by Crippen LogP contribution is -2.33. The van der Waals surface area contributed by atoms with E-state index in [9.17, 15) is 4.79 Å². The standard InChI is InChI=1S/C30H31Cl2N7O3.ClH/c1-18-35-25-4-7-39(17-27(25)36-18)30-33-14-24(15-34-30)42-28-9-20(16-38-5-2-19(3-6-38)10-29(40)41)8-26(37-28)21-11-22(31)13-23(32)12-21;/h8-9,11-15,19H,2-7,10,16-17H2,1H3,(H,35,36)(H,40,41);1H. The first-order chi connectivity index (χ1) is 20.3. The van der Waals surface area contributed by atoms with E-state index in [0.29, 0.717) is 46.4 Å². The predicted octanol–water partition coefficient (Wildman–Crippen LogP) is 6.34. The van der Waals surface area contributed by atoms with Crippen LogP contribution in [0.2, 0.25) is 10.0 Å². The van der Waals surface area contributed by atoms with Crippen LogP contribution in [0.1, 0.15) is 42.0 Å². The molecule has 2 N–H and O–H groups in total. The summed E-state index contributed by atoms with van der Waals surface area (Å²) in [5.41, 5.74) is 4.69. The van der Waals surface area contributed by atoms with E-state index in [0.717, 1.165) is 67.2 Å². The number of halogens is 3. The molecule has 43 heavy (non-hydrogen) atoms. The Morgan fingerprint density at radius 2 is 1.77 bits per heavy atom. The average Bonchev–Trinajstić information content (AvgIpc) is 3.33. The molecule has 1 fully saturated rings. The fourth-order valence-electron chi connectivity index (χ4n) is 5.66. The lowest BCUT2D eigenvalue weighted by Gasteiger charge is -2.31. The number of ether oxygens (including phenoxy) is 1. The van der Waals surface area contributed by atoms with Crippen LogP contribution in [0, 0.1) is 12.8 Å². The van der Waals surface area contributed by atoms with Gasteiger partial charge in [-0.3, -0.25) is 9.69 Å². The van der Waals surface area contributed by atoms with E-state index >= 15 is 0 Å². The lowest BCUT2D eigenvalue weighted by atomic mass is 9.93. The van der Waals surface area contributed by atoms with Crippen LogP contribution in [0.15, 0.2) is 42.7 Å². The van der Waals surface area contributed by atoms with Crippen molar-refractivity contribution < 1.29 is 14.6 Å². The van der Waals surface area contributed by atoms with E-state index in [1.807, 2.05) is 31.2 Å². The number of anilines is 1. The molecule has 0 unspecified atom stereocenters. The van der Waals surface area contributed by atoms with Crippen molar-refractivity contribution in [1.29, 1.82) is 0 Å². The number of hydrogen-bond acceptors (Lipinski definition) is 8. The maximum atomic E-state index is 11.1. The van der Waals surface area contributed by atoms with Crippen molar-refractivity contribution in [3.8, 4) is 22.9 Å². The van der Waals surface area contributed by atoms with Crippen molar-refractivity contribution in [2.45, 2.75) is 45.7 Å². The van der Waals surface area contributed by atoms with Gasteiger partial charge in [-0.05, 0) is 68.6 Å². The Morgan fingerprint density at radius 1 is 1.05 bits per heavy atom. The van der Waals surface area contributed by atoms with Crippen LogP contribution in [0.5, 0.6) is 11.6 Å². The van der Waals surface area contributed by atoms with Gasteiger partial charge >= 0.3 is 5.97 Å². The number of aromatic amines is 1. The number of H-pyrrole nitrogens is 1. The molecule has 0 atom stereocenters. The molecule has 13 heteroatoms. The Kier molecular flexibility index (Phi) is 9.71. The number of pyridine rings is 1. The summed E-state index contributed by atoms with van der Waals surface area (Å²) in [6.45, 7) is 5.78. The maximum Gasteiger partial charge on any atom is 0.303 e. The van der Waals surface area contributed by atoms with Crippen LogP contribution in [0.4, 0.5) is 5.95 Å². The SMILES string of the molecule is Cc1nc2c([nH]1)CN(c1ncc(Oc3cc(CN4CCC(CC(=O)O)CC4)cc(-c4cc(Cl)cc(Cl)c4)n3)cn1)CC2.Cl. The number of nitrogens with zero attached hydrogens (tertiary/aromatic N) is 6. The van der Waals surface area contributed by atoms with Crippen LogP contribution >= 0.6 is 35.6 Å². The highest BCUT2D eigenvalue weighted by Crippen LogP contribution is 2.31. The number of nitrogens with one attached hydrogen (secondary N) is 1. The minimum absolute atomic E-state index is 0. The molecule has 226 valence electrons. The summed E-state index contributed by atoms with van der Waals surface area (Å²) in [5.74, 6) is 1.92. The van der Waals surface area contributed by atoms with Gasteiger partial charge in [-0.2, -0.15) is 0 Å². The molecule has 0 saturated carbocycles. The van der Waals surface area contributed by atoms with Gasteiger partial charge in [0, 0.05) is 47.6 Å². The first kappa shape index (κ1) is 31.0. The Balaban J connectivity index is 0.00000368. The van der Waals surface area contributed by atoms with Crippen molar-refractivity contribution in [1.82, 2.24) is 29.8 Å². The number of aliphatic carboxylic acids is 1. The number of rotatable bonds is 8. The molecular formula is C30H32Cl3N7O3. The molecule has 0 aliphatic carbocycles. The zero-order chi connectivity index (χ0) is 29.2. The minimum Gasteiger partial charge on any atom is -0.481 e. The predicted molar refractivity (Wildman–Crippen MR) is 167 cm³/mol. The number of carboxylic acids is 1. The topological polar surface area (TPSA) is 120 Å². The molecule has 1 saturated heterocycles. The molecule has 0 spiro atoms. The fourth-order valence-corrected chi connectivity index (χ4v) is 6.19. The number of carbonyl (C=O) groups is 1. The second-order valence-electron chi connectivity index (χ2n) is 10.9. The summed E-state index contributed by atoms with van der Waals surface area (Å²) < 4.78 is 6.17. The second-order valence-corrected chi connectivity index (χ2v) is 11.8. The summed E-state index contributed by atoms with van der Waals surface area (Å²) in [7, 11) is 0. The Bertz CT molecular complexity index is 1570. The first-order valence-corrected chi connectivity index (χ1v) is 14.7. The van der Waals surface area contributed by atoms with E-state index in [2.05, 4.69) is 29.7 Å². The first-order valence-electron chi connectivity index (χ1n) is 14.0. The van der Waals surface area contributed by atoms with Crippen LogP contribution < -0.4 is 9.64 Å². The lowest BCUT2D eigenvalue weighted by molar-refractivity contribution is -0.138. The quantitative estimate of drug-likeness (QED) is 0.226. The van der Waals surface area contributed by atoms with Crippen molar-refractivity contribution >= 4 is 47.5 Å². The van der Waals surface area contributed by atoms with Gasteiger partial charge < -0.3 is 19.7 Å². The summed E-state index contributed by atoms with van der Waals surface area (Å²) in [5, 5.41) is 10.2. The van der Waals surface area contributed by atoms with Gasteiger partial charge in [0.05, 0.1) is 36.0 Å². The minimum atomic E-state index is -0.732. The highest BCUT2D eigenvalue weighted by Gasteiger charge is 2.23. The molecule has 5 heterocycles. The van der Waals surface area contributed by atoms with Gasteiger partial charge in [0.25, 0.3) is 0 Å². The van der Waals surface area contributed by atoms with Gasteiger partial charge in [0.1, 0.15) is 5.82 Å². The zero-order valence-electron chi connectivity index (χ0n) is 23.6. The molecule has 0 bridgehead atoms. The number of aromatic nitrogens is 5. The normalized spacial score (nSPS) is 15.6. The number of piperidine rings is 1. The summed E-state index contributed by atoms with van der Waals surface area (Å²) in [6.07, 6.45) is 6.11.